The molecule has 1 N–H and O–H groups in total. The lowest BCUT2D eigenvalue weighted by atomic mass is 10.0. The van der Waals surface area contributed by atoms with Gasteiger partial charge in [-0.25, -0.2) is 9.78 Å². The minimum Gasteiger partial charge on any atom is -0.451 e. The number of ketones is 1. The van der Waals surface area contributed by atoms with Crippen molar-refractivity contribution in [2.45, 2.75) is 0 Å². The Morgan fingerprint density at radius 2 is 1.62 bits per heavy atom. The lowest BCUT2D eigenvalue weighted by Crippen LogP contribution is -2.22. The van der Waals surface area contributed by atoms with Crippen LogP contribution in [-0.2, 0) is 9.53 Å². The van der Waals surface area contributed by atoms with Crippen molar-refractivity contribution in [1.82, 2.24) is 4.98 Å². The Balaban J connectivity index is 1.45. The van der Waals surface area contributed by atoms with E-state index in [1.54, 1.807) is 54.6 Å². The zero-order valence-electron chi connectivity index (χ0n) is 16.7. The number of esters is 1. The molecule has 158 valence electrons. The van der Waals surface area contributed by atoms with E-state index in [9.17, 15) is 14.4 Å². The van der Waals surface area contributed by atoms with Crippen LogP contribution in [0.3, 0.4) is 0 Å². The Kier molecular flexibility index (Phi) is 6.24. The summed E-state index contributed by atoms with van der Waals surface area (Å²) >= 11 is 6.06. The molecule has 1 heterocycles. The van der Waals surface area contributed by atoms with Crippen LogP contribution in [0.1, 0.15) is 26.4 Å². The number of carbonyl (C=O) groups is 3. The molecule has 0 bridgehead atoms. The van der Waals surface area contributed by atoms with Gasteiger partial charge in [-0.05, 0) is 30.3 Å². The first kappa shape index (κ1) is 21.2. The Bertz CT molecular complexity index is 1320. The standard InChI is InChI=1S/C25H17ClN2O4/c26-18-11-13-21(19(14-18)24(30)17-7-2-1-3-8-17)28-23(29)15-32-25(31)22-12-10-16-6-4-5-9-20(16)27-22/h1-14H,15H2,(H,28,29). The second-order valence-corrected chi connectivity index (χ2v) is 7.33. The van der Waals surface area contributed by atoms with Gasteiger partial charge in [0.1, 0.15) is 5.69 Å². The third kappa shape index (κ3) is 4.82. The molecule has 0 fully saturated rings. The van der Waals surface area contributed by atoms with Gasteiger partial charge in [0.15, 0.2) is 12.4 Å². The van der Waals surface area contributed by atoms with Gasteiger partial charge in [0, 0.05) is 21.5 Å². The lowest BCUT2D eigenvalue weighted by Gasteiger charge is -2.11. The number of carbonyl (C=O) groups excluding carboxylic acids is 3. The van der Waals surface area contributed by atoms with Gasteiger partial charge in [-0.15, -0.1) is 0 Å². The maximum absolute atomic E-state index is 12.9. The number of para-hydroxylation sites is 1. The van der Waals surface area contributed by atoms with Gasteiger partial charge in [0.25, 0.3) is 5.91 Å². The molecule has 0 atom stereocenters. The van der Waals surface area contributed by atoms with Crippen LogP contribution in [0.15, 0.2) is 84.9 Å². The molecule has 4 rings (SSSR count). The molecule has 0 spiro atoms. The molecular weight excluding hydrogens is 428 g/mol. The van der Waals surface area contributed by atoms with Crippen molar-refractivity contribution in [3.8, 4) is 0 Å². The van der Waals surface area contributed by atoms with E-state index in [2.05, 4.69) is 10.3 Å². The number of anilines is 1. The molecule has 7 heteroatoms. The highest BCUT2D eigenvalue weighted by Gasteiger charge is 2.17. The Morgan fingerprint density at radius 3 is 2.44 bits per heavy atom. The van der Waals surface area contributed by atoms with Gasteiger partial charge in [-0.2, -0.15) is 0 Å². The Morgan fingerprint density at radius 1 is 0.875 bits per heavy atom. The summed E-state index contributed by atoms with van der Waals surface area (Å²) in [6.45, 7) is -0.533. The van der Waals surface area contributed by atoms with Gasteiger partial charge in [0.05, 0.1) is 11.2 Å². The molecule has 0 saturated heterocycles. The number of hydrogen-bond donors (Lipinski definition) is 1. The highest BCUT2D eigenvalue weighted by atomic mass is 35.5. The van der Waals surface area contributed by atoms with Gasteiger partial charge < -0.3 is 10.1 Å². The second kappa shape index (κ2) is 9.41. The van der Waals surface area contributed by atoms with Gasteiger partial charge in [-0.3, -0.25) is 9.59 Å². The van der Waals surface area contributed by atoms with E-state index in [-0.39, 0.29) is 22.7 Å². The summed E-state index contributed by atoms with van der Waals surface area (Å²) in [6, 6.07) is 23.9. The van der Waals surface area contributed by atoms with E-state index >= 15 is 0 Å². The van der Waals surface area contributed by atoms with E-state index < -0.39 is 18.5 Å². The summed E-state index contributed by atoms with van der Waals surface area (Å²) in [5.41, 5.74) is 1.71. The van der Waals surface area contributed by atoms with Crippen molar-refractivity contribution >= 4 is 45.9 Å². The van der Waals surface area contributed by atoms with Crippen LogP contribution in [0, 0.1) is 0 Å². The number of pyridine rings is 1. The molecule has 6 nitrogen and oxygen atoms in total. The zero-order chi connectivity index (χ0) is 22.5. The predicted octanol–water partition coefficient (Wildman–Crippen LogP) is 4.91. The molecule has 0 aliphatic rings. The molecule has 1 amide bonds. The maximum Gasteiger partial charge on any atom is 0.357 e. The average molecular weight is 445 g/mol. The minimum absolute atomic E-state index is 0.0999. The van der Waals surface area contributed by atoms with Crippen LogP contribution in [0.25, 0.3) is 10.9 Å². The van der Waals surface area contributed by atoms with Crippen LogP contribution in [0.5, 0.6) is 0 Å². The molecule has 3 aromatic carbocycles. The smallest absolute Gasteiger partial charge is 0.357 e. The highest BCUT2D eigenvalue weighted by molar-refractivity contribution is 6.31. The van der Waals surface area contributed by atoms with Crippen LogP contribution in [-0.4, -0.2) is 29.3 Å². The Hall–Kier alpha value is -4.03. The molecule has 0 saturated carbocycles. The van der Waals surface area contributed by atoms with Crippen molar-refractivity contribution in [3.63, 3.8) is 0 Å². The van der Waals surface area contributed by atoms with Gasteiger partial charge in [-0.1, -0.05) is 66.2 Å². The van der Waals surface area contributed by atoms with Gasteiger partial charge >= 0.3 is 5.97 Å². The number of amides is 1. The zero-order valence-corrected chi connectivity index (χ0v) is 17.5. The Labute approximate surface area is 188 Å². The fraction of sp³-hybridized carbons (Fsp3) is 0.0400. The minimum atomic E-state index is -0.720. The van der Waals surface area contributed by atoms with Gasteiger partial charge in [0.2, 0.25) is 0 Å². The third-order valence-corrected chi connectivity index (χ3v) is 4.91. The molecule has 4 aromatic rings. The van der Waals surface area contributed by atoms with Crippen molar-refractivity contribution in [1.29, 1.82) is 0 Å². The first-order valence-electron chi connectivity index (χ1n) is 9.73. The predicted molar refractivity (Wildman–Crippen MR) is 122 cm³/mol. The summed E-state index contributed by atoms with van der Waals surface area (Å²) in [6.07, 6.45) is 0. The quantitative estimate of drug-likeness (QED) is 0.337. The molecular formula is C25H17ClN2O4. The first-order chi connectivity index (χ1) is 15.5. The number of halogens is 1. The number of ether oxygens (including phenoxy) is 1. The fourth-order valence-corrected chi connectivity index (χ4v) is 3.30. The van der Waals surface area contributed by atoms with Crippen molar-refractivity contribution in [2.24, 2.45) is 0 Å². The highest BCUT2D eigenvalue weighted by Crippen LogP contribution is 2.24. The molecule has 1 aromatic heterocycles. The van der Waals surface area contributed by atoms with Crippen molar-refractivity contribution in [2.75, 3.05) is 11.9 Å². The van der Waals surface area contributed by atoms with E-state index in [1.807, 2.05) is 18.2 Å². The van der Waals surface area contributed by atoms with E-state index in [4.69, 9.17) is 16.3 Å². The molecule has 32 heavy (non-hydrogen) atoms. The topological polar surface area (TPSA) is 85.4 Å². The summed E-state index contributed by atoms with van der Waals surface area (Å²) in [4.78, 5) is 41.8. The number of nitrogens with one attached hydrogen (secondary N) is 1. The summed E-state index contributed by atoms with van der Waals surface area (Å²) < 4.78 is 5.10. The first-order valence-corrected chi connectivity index (χ1v) is 10.1. The van der Waals surface area contributed by atoms with E-state index in [0.717, 1.165) is 5.39 Å². The van der Waals surface area contributed by atoms with E-state index in [1.165, 1.54) is 12.1 Å². The average Bonchev–Trinajstić information content (AvgIpc) is 2.83. The largest absolute Gasteiger partial charge is 0.451 e. The fourth-order valence-electron chi connectivity index (χ4n) is 3.13. The number of aromatic nitrogens is 1. The summed E-state index contributed by atoms with van der Waals surface area (Å²) in [5, 5.41) is 3.86. The number of fused-ring (bicyclic) bond motifs is 1. The normalized spacial score (nSPS) is 10.5. The summed E-state index contributed by atoms with van der Waals surface area (Å²) in [7, 11) is 0. The summed E-state index contributed by atoms with van der Waals surface area (Å²) in [5.74, 6) is -1.60. The van der Waals surface area contributed by atoms with Crippen LogP contribution in [0.2, 0.25) is 5.02 Å². The maximum atomic E-state index is 12.9. The van der Waals surface area contributed by atoms with Crippen LogP contribution in [0.4, 0.5) is 5.69 Å². The lowest BCUT2D eigenvalue weighted by molar-refractivity contribution is -0.119. The monoisotopic (exact) mass is 444 g/mol. The molecule has 0 unspecified atom stereocenters. The van der Waals surface area contributed by atoms with Crippen molar-refractivity contribution in [3.05, 3.63) is 107 Å². The number of benzene rings is 3. The number of nitrogens with zero attached hydrogens (tertiary/aromatic N) is 1. The molecule has 0 aliphatic carbocycles. The molecule has 0 aliphatic heterocycles. The second-order valence-electron chi connectivity index (χ2n) is 6.90. The number of rotatable bonds is 6. The molecule has 0 radical (unpaired) electrons. The number of hydrogen-bond acceptors (Lipinski definition) is 5. The van der Waals surface area contributed by atoms with Crippen LogP contribution >= 0.6 is 11.6 Å². The van der Waals surface area contributed by atoms with E-state index in [0.29, 0.717) is 16.1 Å². The van der Waals surface area contributed by atoms with Crippen LogP contribution < -0.4 is 5.32 Å². The third-order valence-electron chi connectivity index (χ3n) is 4.68. The van der Waals surface area contributed by atoms with Crippen molar-refractivity contribution < 1.29 is 19.1 Å². The SMILES string of the molecule is O=C(COC(=O)c1ccc2ccccc2n1)Nc1ccc(Cl)cc1C(=O)c1ccccc1.